The molecule has 0 atom stereocenters. The van der Waals surface area contributed by atoms with Crippen molar-refractivity contribution in [1.29, 1.82) is 0 Å². The summed E-state index contributed by atoms with van der Waals surface area (Å²) in [4.78, 5) is 12.8. The van der Waals surface area contributed by atoms with Crippen molar-refractivity contribution in [2.24, 2.45) is 0 Å². The van der Waals surface area contributed by atoms with Crippen LogP contribution in [-0.2, 0) is 0 Å². The van der Waals surface area contributed by atoms with E-state index in [1.807, 2.05) is 42.7 Å². The third kappa shape index (κ3) is 2.57. The zero-order valence-electron chi connectivity index (χ0n) is 9.35. The summed E-state index contributed by atoms with van der Waals surface area (Å²) in [5.41, 5.74) is 1.05. The summed E-state index contributed by atoms with van der Waals surface area (Å²) in [5, 5.41) is 1.97. The van der Waals surface area contributed by atoms with E-state index in [4.69, 9.17) is 0 Å². The molecule has 0 saturated carbocycles. The first kappa shape index (κ1) is 11.4. The highest BCUT2D eigenvalue weighted by molar-refractivity contribution is 8.01. The summed E-state index contributed by atoms with van der Waals surface area (Å²) in [6.45, 7) is 0. The Labute approximate surface area is 113 Å². The van der Waals surface area contributed by atoms with Crippen LogP contribution >= 0.6 is 23.1 Å². The molecule has 0 bridgehead atoms. The van der Waals surface area contributed by atoms with Gasteiger partial charge in [-0.3, -0.25) is 4.98 Å². The van der Waals surface area contributed by atoms with Crippen LogP contribution in [-0.4, -0.2) is 15.0 Å². The van der Waals surface area contributed by atoms with Crippen molar-refractivity contribution >= 4 is 23.1 Å². The van der Waals surface area contributed by atoms with E-state index >= 15 is 0 Å². The zero-order valence-corrected chi connectivity index (χ0v) is 11.0. The van der Waals surface area contributed by atoms with Crippen LogP contribution in [0.5, 0.6) is 0 Å². The minimum Gasteiger partial charge on any atom is -0.264 e. The van der Waals surface area contributed by atoms with Gasteiger partial charge in [-0.05, 0) is 24.3 Å². The molecule has 3 heterocycles. The SMILES string of the molecule is c1ccc(Sc2cnc(-c3cccnc3)s2)nc1. The van der Waals surface area contributed by atoms with Gasteiger partial charge in [0.1, 0.15) is 10.0 Å². The Bertz CT molecular complexity index is 623. The number of aromatic nitrogens is 3. The molecule has 0 saturated heterocycles. The number of hydrogen-bond donors (Lipinski definition) is 0. The van der Waals surface area contributed by atoms with Crippen LogP contribution in [0.1, 0.15) is 0 Å². The molecule has 0 radical (unpaired) electrons. The highest BCUT2D eigenvalue weighted by Crippen LogP contribution is 2.34. The molecule has 0 aliphatic heterocycles. The maximum atomic E-state index is 4.41. The van der Waals surface area contributed by atoms with Crippen LogP contribution in [0.4, 0.5) is 0 Å². The van der Waals surface area contributed by atoms with Crippen LogP contribution in [0.2, 0.25) is 0 Å². The number of rotatable bonds is 3. The van der Waals surface area contributed by atoms with Gasteiger partial charge in [0.2, 0.25) is 0 Å². The molecule has 18 heavy (non-hydrogen) atoms. The molecule has 88 valence electrons. The van der Waals surface area contributed by atoms with E-state index in [1.54, 1.807) is 35.5 Å². The fourth-order valence-corrected chi connectivity index (χ4v) is 3.31. The molecular weight excluding hydrogens is 262 g/mol. The molecule has 0 N–H and O–H groups in total. The molecule has 0 aliphatic carbocycles. The monoisotopic (exact) mass is 271 g/mol. The molecule has 3 aromatic rings. The second-order valence-electron chi connectivity index (χ2n) is 3.50. The van der Waals surface area contributed by atoms with Crippen molar-refractivity contribution in [2.45, 2.75) is 9.24 Å². The lowest BCUT2D eigenvalue weighted by Gasteiger charge is -1.95. The van der Waals surface area contributed by atoms with Gasteiger partial charge in [0.25, 0.3) is 0 Å². The Balaban J connectivity index is 1.82. The first-order valence-corrected chi connectivity index (χ1v) is 7.00. The van der Waals surface area contributed by atoms with Gasteiger partial charge >= 0.3 is 0 Å². The Kier molecular flexibility index (Phi) is 3.34. The molecule has 3 aromatic heterocycles. The molecule has 0 aliphatic rings. The van der Waals surface area contributed by atoms with E-state index < -0.39 is 0 Å². The van der Waals surface area contributed by atoms with Crippen molar-refractivity contribution in [3.8, 4) is 10.6 Å². The molecule has 0 amide bonds. The number of nitrogens with zero attached hydrogens (tertiary/aromatic N) is 3. The highest BCUT2D eigenvalue weighted by atomic mass is 32.2. The summed E-state index contributed by atoms with van der Waals surface area (Å²) in [5.74, 6) is 0. The van der Waals surface area contributed by atoms with Crippen LogP contribution in [0.25, 0.3) is 10.6 Å². The predicted molar refractivity (Wildman–Crippen MR) is 73.7 cm³/mol. The predicted octanol–water partition coefficient (Wildman–Crippen LogP) is 3.75. The smallest absolute Gasteiger partial charge is 0.125 e. The van der Waals surface area contributed by atoms with Gasteiger partial charge in [-0.25, -0.2) is 9.97 Å². The molecule has 3 rings (SSSR count). The average Bonchev–Trinajstić information content (AvgIpc) is 2.89. The Morgan fingerprint density at radius 1 is 0.944 bits per heavy atom. The zero-order chi connectivity index (χ0) is 12.2. The second-order valence-corrected chi connectivity index (χ2v) is 5.85. The number of pyridine rings is 2. The molecule has 0 fully saturated rings. The first-order valence-electron chi connectivity index (χ1n) is 5.37. The van der Waals surface area contributed by atoms with Crippen LogP contribution in [0, 0.1) is 0 Å². The first-order chi connectivity index (χ1) is 8.92. The Hall–Kier alpha value is -1.72. The van der Waals surface area contributed by atoms with Gasteiger partial charge in [0, 0.05) is 24.2 Å². The van der Waals surface area contributed by atoms with Crippen LogP contribution in [0.15, 0.2) is 64.4 Å². The normalized spacial score (nSPS) is 10.4. The molecular formula is C13H9N3S2. The summed E-state index contributed by atoms with van der Waals surface area (Å²) < 4.78 is 1.13. The third-order valence-electron chi connectivity index (χ3n) is 2.24. The van der Waals surface area contributed by atoms with Gasteiger partial charge in [-0.2, -0.15) is 0 Å². The van der Waals surface area contributed by atoms with E-state index in [0.29, 0.717) is 0 Å². The largest absolute Gasteiger partial charge is 0.264 e. The van der Waals surface area contributed by atoms with E-state index in [9.17, 15) is 0 Å². The lowest BCUT2D eigenvalue weighted by Crippen LogP contribution is -1.75. The lowest BCUT2D eigenvalue weighted by atomic mass is 10.3. The second kappa shape index (κ2) is 5.29. The summed E-state index contributed by atoms with van der Waals surface area (Å²) in [6.07, 6.45) is 7.27. The minimum atomic E-state index is 0.985. The Morgan fingerprint density at radius 2 is 1.94 bits per heavy atom. The van der Waals surface area contributed by atoms with Gasteiger partial charge in [-0.1, -0.05) is 17.8 Å². The summed E-state index contributed by atoms with van der Waals surface area (Å²) in [7, 11) is 0. The van der Waals surface area contributed by atoms with Gasteiger partial charge in [0.05, 0.1) is 10.4 Å². The topological polar surface area (TPSA) is 38.7 Å². The van der Waals surface area contributed by atoms with Gasteiger partial charge in [0.15, 0.2) is 0 Å². The fourth-order valence-electron chi connectivity index (χ4n) is 1.44. The van der Waals surface area contributed by atoms with E-state index in [0.717, 1.165) is 19.8 Å². The summed E-state index contributed by atoms with van der Waals surface area (Å²) in [6, 6.07) is 9.83. The van der Waals surface area contributed by atoms with Crippen LogP contribution in [0.3, 0.4) is 0 Å². The Morgan fingerprint density at radius 3 is 2.72 bits per heavy atom. The number of thiazole rings is 1. The van der Waals surface area contributed by atoms with Crippen molar-refractivity contribution in [3.63, 3.8) is 0 Å². The van der Waals surface area contributed by atoms with Crippen molar-refractivity contribution < 1.29 is 0 Å². The standard InChI is InChI=1S/C13H9N3S2/c1-2-7-15-11(5-1)17-12-9-16-13(18-12)10-4-3-6-14-8-10/h1-9H. The molecule has 3 nitrogen and oxygen atoms in total. The van der Waals surface area contributed by atoms with E-state index in [2.05, 4.69) is 15.0 Å². The highest BCUT2D eigenvalue weighted by Gasteiger charge is 2.06. The van der Waals surface area contributed by atoms with Gasteiger partial charge in [-0.15, -0.1) is 11.3 Å². The molecule has 0 aromatic carbocycles. The maximum Gasteiger partial charge on any atom is 0.125 e. The molecule has 0 unspecified atom stereocenters. The fraction of sp³-hybridized carbons (Fsp3) is 0. The van der Waals surface area contributed by atoms with E-state index in [1.165, 1.54) is 0 Å². The van der Waals surface area contributed by atoms with Crippen LogP contribution < -0.4 is 0 Å². The average molecular weight is 271 g/mol. The van der Waals surface area contributed by atoms with Crippen molar-refractivity contribution in [3.05, 3.63) is 55.1 Å². The molecule has 0 spiro atoms. The minimum absolute atomic E-state index is 0.985. The van der Waals surface area contributed by atoms with Crippen molar-refractivity contribution in [1.82, 2.24) is 15.0 Å². The quantitative estimate of drug-likeness (QED) is 0.727. The summed E-state index contributed by atoms with van der Waals surface area (Å²) >= 11 is 3.28. The van der Waals surface area contributed by atoms with E-state index in [-0.39, 0.29) is 0 Å². The third-order valence-corrected chi connectivity index (χ3v) is 4.33. The number of hydrogen-bond acceptors (Lipinski definition) is 5. The van der Waals surface area contributed by atoms with Crippen molar-refractivity contribution in [2.75, 3.05) is 0 Å². The maximum absolute atomic E-state index is 4.41. The lowest BCUT2D eigenvalue weighted by molar-refractivity contribution is 1.13. The molecule has 5 heteroatoms. The van der Waals surface area contributed by atoms with Gasteiger partial charge < -0.3 is 0 Å².